The van der Waals surface area contributed by atoms with E-state index in [0.29, 0.717) is 5.41 Å². The normalized spacial score (nSPS) is 18.4. The first kappa shape index (κ1) is 11.7. The largest absolute Gasteiger partial charge is 0.466 e. The lowest BCUT2D eigenvalue weighted by atomic mass is 9.69. The summed E-state index contributed by atoms with van der Waals surface area (Å²) >= 11 is 0. The van der Waals surface area contributed by atoms with Gasteiger partial charge in [-0.05, 0) is 43.9 Å². The average Bonchev–Trinajstić information content (AvgIpc) is 2.62. The third kappa shape index (κ3) is 2.66. The van der Waals surface area contributed by atoms with Crippen molar-refractivity contribution in [3.05, 3.63) is 23.7 Å². The number of nitrogens with two attached hydrogens (primary N) is 1. The molecule has 1 aromatic rings. The number of hydrogen-bond acceptors (Lipinski definition) is 3. The van der Waals surface area contributed by atoms with E-state index in [1.807, 2.05) is 13.0 Å². The summed E-state index contributed by atoms with van der Waals surface area (Å²) < 4.78 is 5.52. The van der Waals surface area contributed by atoms with E-state index in [1.54, 1.807) is 0 Å². The maximum absolute atomic E-state index is 5.81. The van der Waals surface area contributed by atoms with E-state index in [2.05, 4.69) is 11.4 Å². The first-order chi connectivity index (χ1) is 7.74. The molecule has 1 fully saturated rings. The van der Waals surface area contributed by atoms with Crippen LogP contribution in [0, 0.1) is 12.3 Å². The van der Waals surface area contributed by atoms with Crippen LogP contribution in [0.3, 0.4) is 0 Å². The molecule has 1 aliphatic rings. The molecule has 0 radical (unpaired) electrons. The molecule has 90 valence electrons. The molecule has 3 heteroatoms. The molecule has 2 rings (SSSR count). The Morgan fingerprint density at radius 3 is 2.75 bits per heavy atom. The van der Waals surface area contributed by atoms with Crippen LogP contribution < -0.4 is 11.1 Å². The van der Waals surface area contributed by atoms with Crippen LogP contribution in [0.1, 0.15) is 30.8 Å². The van der Waals surface area contributed by atoms with Crippen LogP contribution in [-0.2, 0) is 6.42 Å². The molecule has 1 saturated carbocycles. The zero-order valence-electron chi connectivity index (χ0n) is 10.1. The van der Waals surface area contributed by atoms with Crippen molar-refractivity contribution < 1.29 is 4.42 Å². The van der Waals surface area contributed by atoms with E-state index < -0.39 is 0 Å². The van der Waals surface area contributed by atoms with Crippen LogP contribution in [0.2, 0.25) is 0 Å². The lowest BCUT2D eigenvalue weighted by Gasteiger charge is -2.41. The third-order valence-electron chi connectivity index (χ3n) is 3.69. The van der Waals surface area contributed by atoms with Crippen molar-refractivity contribution in [1.29, 1.82) is 0 Å². The maximum Gasteiger partial charge on any atom is 0.105 e. The molecule has 3 nitrogen and oxygen atoms in total. The van der Waals surface area contributed by atoms with Crippen LogP contribution in [0.5, 0.6) is 0 Å². The van der Waals surface area contributed by atoms with E-state index >= 15 is 0 Å². The predicted octanol–water partition coefficient (Wildman–Crippen LogP) is 1.85. The minimum Gasteiger partial charge on any atom is -0.466 e. The molecule has 0 amide bonds. The number of furan rings is 1. The second kappa shape index (κ2) is 5.02. The lowest BCUT2D eigenvalue weighted by Crippen LogP contribution is -2.45. The number of hydrogen-bond donors (Lipinski definition) is 2. The van der Waals surface area contributed by atoms with Crippen LogP contribution >= 0.6 is 0 Å². The van der Waals surface area contributed by atoms with E-state index in [9.17, 15) is 0 Å². The van der Waals surface area contributed by atoms with Crippen LogP contribution in [0.15, 0.2) is 16.5 Å². The van der Waals surface area contributed by atoms with E-state index in [4.69, 9.17) is 10.2 Å². The van der Waals surface area contributed by atoms with Gasteiger partial charge in [-0.2, -0.15) is 0 Å². The molecule has 0 saturated heterocycles. The molecule has 0 aromatic carbocycles. The van der Waals surface area contributed by atoms with E-state index in [-0.39, 0.29) is 0 Å². The van der Waals surface area contributed by atoms with Gasteiger partial charge in [-0.1, -0.05) is 6.42 Å². The summed E-state index contributed by atoms with van der Waals surface area (Å²) in [7, 11) is 0. The topological polar surface area (TPSA) is 51.2 Å². The zero-order chi connectivity index (χ0) is 11.4. The average molecular weight is 222 g/mol. The molecule has 0 aliphatic heterocycles. The Labute approximate surface area is 97.4 Å². The fraction of sp³-hybridized carbons (Fsp3) is 0.692. The van der Waals surface area contributed by atoms with Gasteiger partial charge in [0.25, 0.3) is 0 Å². The number of nitrogens with one attached hydrogen (secondary N) is 1. The van der Waals surface area contributed by atoms with Crippen molar-refractivity contribution in [3.63, 3.8) is 0 Å². The maximum atomic E-state index is 5.81. The van der Waals surface area contributed by atoms with Gasteiger partial charge in [-0.15, -0.1) is 0 Å². The van der Waals surface area contributed by atoms with Gasteiger partial charge in [0.05, 0.1) is 0 Å². The summed E-state index contributed by atoms with van der Waals surface area (Å²) in [6.07, 6.45) is 4.89. The van der Waals surface area contributed by atoms with Gasteiger partial charge in [0, 0.05) is 19.5 Å². The molecular formula is C13H22N2O. The molecule has 0 atom stereocenters. The smallest absolute Gasteiger partial charge is 0.105 e. The highest BCUT2D eigenvalue weighted by atomic mass is 16.3. The van der Waals surface area contributed by atoms with Gasteiger partial charge in [0.1, 0.15) is 11.5 Å². The Bertz CT molecular complexity index is 323. The zero-order valence-corrected chi connectivity index (χ0v) is 10.1. The van der Waals surface area contributed by atoms with Crippen molar-refractivity contribution >= 4 is 0 Å². The van der Waals surface area contributed by atoms with Gasteiger partial charge >= 0.3 is 0 Å². The summed E-state index contributed by atoms with van der Waals surface area (Å²) in [5.41, 5.74) is 6.21. The Morgan fingerprint density at radius 2 is 2.25 bits per heavy atom. The molecule has 3 N–H and O–H groups in total. The molecule has 16 heavy (non-hydrogen) atoms. The van der Waals surface area contributed by atoms with E-state index in [0.717, 1.165) is 37.6 Å². The second-order valence-electron chi connectivity index (χ2n) is 5.00. The van der Waals surface area contributed by atoms with Crippen molar-refractivity contribution in [3.8, 4) is 0 Å². The molecule has 0 bridgehead atoms. The van der Waals surface area contributed by atoms with Crippen molar-refractivity contribution in [2.75, 3.05) is 19.6 Å². The van der Waals surface area contributed by atoms with Crippen molar-refractivity contribution in [2.45, 2.75) is 32.6 Å². The van der Waals surface area contributed by atoms with Gasteiger partial charge in [0.2, 0.25) is 0 Å². The highest BCUT2D eigenvalue weighted by Gasteiger charge is 2.34. The molecule has 0 unspecified atom stereocenters. The summed E-state index contributed by atoms with van der Waals surface area (Å²) in [5, 5.41) is 3.50. The Kier molecular flexibility index (Phi) is 3.66. The highest BCUT2D eigenvalue weighted by molar-refractivity contribution is 5.05. The minimum absolute atomic E-state index is 0.402. The first-order valence-corrected chi connectivity index (χ1v) is 6.20. The second-order valence-corrected chi connectivity index (χ2v) is 5.00. The summed E-state index contributed by atoms with van der Waals surface area (Å²) in [4.78, 5) is 0. The summed E-state index contributed by atoms with van der Waals surface area (Å²) in [6, 6.07) is 4.07. The fourth-order valence-electron chi connectivity index (χ4n) is 2.31. The SMILES string of the molecule is Cc1ccc(CCNCC2(CN)CCC2)o1. The minimum atomic E-state index is 0.402. The summed E-state index contributed by atoms with van der Waals surface area (Å²) in [6.45, 7) is 4.84. The molecule has 1 heterocycles. The molecule has 0 spiro atoms. The van der Waals surface area contributed by atoms with Gasteiger partial charge in [0.15, 0.2) is 0 Å². The molecule has 1 aromatic heterocycles. The van der Waals surface area contributed by atoms with Crippen molar-refractivity contribution in [1.82, 2.24) is 5.32 Å². The predicted molar refractivity (Wildman–Crippen MR) is 65.4 cm³/mol. The Morgan fingerprint density at radius 1 is 1.44 bits per heavy atom. The highest BCUT2D eigenvalue weighted by Crippen LogP contribution is 2.38. The monoisotopic (exact) mass is 222 g/mol. The first-order valence-electron chi connectivity index (χ1n) is 6.20. The quantitative estimate of drug-likeness (QED) is 0.722. The Hall–Kier alpha value is -0.800. The number of rotatable bonds is 6. The fourth-order valence-corrected chi connectivity index (χ4v) is 2.31. The summed E-state index contributed by atoms with van der Waals surface area (Å²) in [5.74, 6) is 2.06. The van der Waals surface area contributed by atoms with E-state index in [1.165, 1.54) is 19.3 Å². The Balaban J connectivity index is 1.65. The van der Waals surface area contributed by atoms with Crippen LogP contribution in [-0.4, -0.2) is 19.6 Å². The van der Waals surface area contributed by atoms with Crippen molar-refractivity contribution in [2.24, 2.45) is 11.1 Å². The lowest BCUT2D eigenvalue weighted by molar-refractivity contribution is 0.141. The van der Waals surface area contributed by atoms with Gasteiger partial charge in [-0.3, -0.25) is 0 Å². The van der Waals surface area contributed by atoms with Gasteiger partial charge < -0.3 is 15.5 Å². The van der Waals surface area contributed by atoms with Crippen LogP contribution in [0.4, 0.5) is 0 Å². The van der Waals surface area contributed by atoms with Gasteiger partial charge in [-0.25, -0.2) is 0 Å². The molecular weight excluding hydrogens is 200 g/mol. The molecule has 1 aliphatic carbocycles. The standard InChI is InChI=1S/C13H22N2O/c1-11-3-4-12(16-11)5-8-15-10-13(9-14)6-2-7-13/h3-4,15H,2,5-10,14H2,1H3. The number of aryl methyl sites for hydroxylation is 1. The third-order valence-corrected chi connectivity index (χ3v) is 3.69. The van der Waals surface area contributed by atoms with Crippen LogP contribution in [0.25, 0.3) is 0 Å².